The summed E-state index contributed by atoms with van der Waals surface area (Å²) in [5, 5.41) is 0. The van der Waals surface area contributed by atoms with E-state index in [-0.39, 0.29) is 17.2 Å². The van der Waals surface area contributed by atoms with E-state index < -0.39 is 6.04 Å². The van der Waals surface area contributed by atoms with Gasteiger partial charge in [-0.1, -0.05) is 45.9 Å². The number of anilines is 1. The Morgan fingerprint density at radius 3 is 2.48 bits per heavy atom. The third kappa shape index (κ3) is 3.92. The Balaban J connectivity index is 2.17. The van der Waals surface area contributed by atoms with Crippen LogP contribution in [0.2, 0.25) is 0 Å². The van der Waals surface area contributed by atoms with Crippen molar-refractivity contribution in [3.63, 3.8) is 0 Å². The zero-order valence-electron chi connectivity index (χ0n) is 14.9. The molecular weight excluding hydrogens is 288 g/mol. The molecule has 0 unspecified atom stereocenters. The van der Waals surface area contributed by atoms with Crippen LogP contribution in [-0.2, 0) is 16.0 Å². The molecule has 1 saturated heterocycles. The first kappa shape index (κ1) is 17.5. The van der Waals surface area contributed by atoms with E-state index in [2.05, 4.69) is 13.0 Å². The summed E-state index contributed by atoms with van der Waals surface area (Å²) < 4.78 is 0. The van der Waals surface area contributed by atoms with E-state index in [1.165, 1.54) is 5.56 Å². The van der Waals surface area contributed by atoms with Gasteiger partial charge in [-0.15, -0.1) is 0 Å². The molecule has 4 nitrogen and oxygen atoms in total. The van der Waals surface area contributed by atoms with Crippen molar-refractivity contribution in [3.8, 4) is 0 Å². The Kier molecular flexibility index (Phi) is 5.12. The Bertz CT molecular complexity index is 589. The van der Waals surface area contributed by atoms with Gasteiger partial charge in [-0.2, -0.15) is 0 Å². The van der Waals surface area contributed by atoms with Crippen LogP contribution in [0.3, 0.4) is 0 Å². The molecule has 0 aliphatic carbocycles. The molecule has 126 valence electrons. The fourth-order valence-corrected chi connectivity index (χ4v) is 3.08. The summed E-state index contributed by atoms with van der Waals surface area (Å²) in [6.07, 6.45) is 1.36. The van der Waals surface area contributed by atoms with Crippen molar-refractivity contribution < 1.29 is 9.59 Å². The molecular formula is C19H28N2O2. The summed E-state index contributed by atoms with van der Waals surface area (Å²) in [7, 11) is 0. The molecule has 23 heavy (non-hydrogen) atoms. The highest BCUT2D eigenvalue weighted by Gasteiger charge is 2.36. The normalized spacial score (nSPS) is 19.2. The minimum absolute atomic E-state index is 0.0133. The number of hydrogen-bond acceptors (Lipinski definition) is 2. The second kappa shape index (κ2) is 6.73. The first-order valence-electron chi connectivity index (χ1n) is 8.43. The number of nitrogens with zero attached hydrogens (tertiary/aromatic N) is 2. The van der Waals surface area contributed by atoms with Gasteiger partial charge in [0.1, 0.15) is 6.04 Å². The molecule has 1 aromatic rings. The molecule has 2 rings (SSSR count). The van der Waals surface area contributed by atoms with Crippen LogP contribution in [0.25, 0.3) is 0 Å². The van der Waals surface area contributed by atoms with Gasteiger partial charge in [0.25, 0.3) is 0 Å². The molecule has 0 spiro atoms. The minimum Gasteiger partial charge on any atom is -0.329 e. The Hall–Kier alpha value is -1.84. The van der Waals surface area contributed by atoms with Gasteiger partial charge < -0.3 is 9.80 Å². The van der Waals surface area contributed by atoms with Crippen molar-refractivity contribution >= 4 is 17.5 Å². The number of amides is 2. The van der Waals surface area contributed by atoms with E-state index in [4.69, 9.17) is 0 Å². The molecule has 2 amide bonds. The van der Waals surface area contributed by atoms with Crippen molar-refractivity contribution in [2.45, 2.75) is 53.5 Å². The average molecular weight is 316 g/mol. The van der Waals surface area contributed by atoms with Crippen LogP contribution in [0.1, 0.15) is 46.6 Å². The largest absolute Gasteiger partial charge is 0.329 e. The number of carbonyl (C=O) groups is 2. The molecule has 0 bridgehead atoms. The molecule has 1 fully saturated rings. The predicted molar refractivity (Wildman–Crippen MR) is 93.4 cm³/mol. The number of piperazine rings is 1. The molecule has 1 aromatic carbocycles. The molecule has 1 aliphatic heterocycles. The van der Waals surface area contributed by atoms with Gasteiger partial charge in [0, 0.05) is 25.2 Å². The maximum Gasteiger partial charge on any atom is 0.249 e. The second-order valence-electron chi connectivity index (χ2n) is 7.47. The van der Waals surface area contributed by atoms with Crippen molar-refractivity contribution in [2.24, 2.45) is 5.41 Å². The number of rotatable bonds is 3. The summed E-state index contributed by atoms with van der Waals surface area (Å²) in [4.78, 5) is 28.9. The summed E-state index contributed by atoms with van der Waals surface area (Å²) >= 11 is 0. The van der Waals surface area contributed by atoms with Crippen LogP contribution in [0, 0.1) is 5.41 Å². The van der Waals surface area contributed by atoms with Crippen LogP contribution in [0.15, 0.2) is 24.3 Å². The van der Waals surface area contributed by atoms with Crippen LogP contribution in [0.5, 0.6) is 0 Å². The van der Waals surface area contributed by atoms with E-state index in [0.717, 1.165) is 12.1 Å². The fourth-order valence-electron chi connectivity index (χ4n) is 3.08. The van der Waals surface area contributed by atoms with E-state index in [1.54, 1.807) is 4.90 Å². The van der Waals surface area contributed by atoms with Gasteiger partial charge in [0.05, 0.1) is 0 Å². The third-order valence-electron chi connectivity index (χ3n) is 4.32. The SMILES string of the molecule is CCc1ccccc1N1CCN(C(=O)CC(C)(C)C)[C@@H](C)C1=O. The van der Waals surface area contributed by atoms with Gasteiger partial charge in [0.2, 0.25) is 11.8 Å². The van der Waals surface area contributed by atoms with Crippen molar-refractivity contribution in [2.75, 3.05) is 18.0 Å². The monoisotopic (exact) mass is 316 g/mol. The van der Waals surface area contributed by atoms with Crippen molar-refractivity contribution in [1.82, 2.24) is 4.90 Å². The first-order chi connectivity index (χ1) is 10.7. The molecule has 0 N–H and O–H groups in total. The highest BCUT2D eigenvalue weighted by Crippen LogP contribution is 2.27. The number of hydrogen-bond donors (Lipinski definition) is 0. The minimum atomic E-state index is -0.400. The van der Waals surface area contributed by atoms with Crippen LogP contribution >= 0.6 is 0 Å². The fraction of sp³-hybridized carbons (Fsp3) is 0.579. The Morgan fingerprint density at radius 1 is 1.22 bits per heavy atom. The van der Waals surface area contributed by atoms with E-state index in [0.29, 0.717) is 19.5 Å². The quantitative estimate of drug-likeness (QED) is 0.859. The predicted octanol–water partition coefficient (Wildman–Crippen LogP) is 3.25. The van der Waals surface area contributed by atoms with Crippen molar-refractivity contribution in [1.29, 1.82) is 0 Å². The molecule has 0 aromatic heterocycles. The second-order valence-corrected chi connectivity index (χ2v) is 7.47. The number of aryl methyl sites for hydroxylation is 1. The summed E-state index contributed by atoms with van der Waals surface area (Å²) in [6.45, 7) is 11.2. The molecule has 4 heteroatoms. The molecule has 0 saturated carbocycles. The first-order valence-corrected chi connectivity index (χ1v) is 8.43. The number of carbonyl (C=O) groups excluding carboxylic acids is 2. The highest BCUT2D eigenvalue weighted by molar-refractivity contribution is 6.00. The number of benzene rings is 1. The maximum absolute atomic E-state index is 12.8. The lowest BCUT2D eigenvalue weighted by Crippen LogP contribution is -2.58. The molecule has 1 heterocycles. The van der Waals surface area contributed by atoms with Crippen LogP contribution in [0.4, 0.5) is 5.69 Å². The van der Waals surface area contributed by atoms with Gasteiger partial charge >= 0.3 is 0 Å². The van der Waals surface area contributed by atoms with E-state index >= 15 is 0 Å². The zero-order chi connectivity index (χ0) is 17.2. The smallest absolute Gasteiger partial charge is 0.249 e. The van der Waals surface area contributed by atoms with E-state index in [1.807, 2.05) is 50.8 Å². The van der Waals surface area contributed by atoms with Crippen LogP contribution < -0.4 is 4.90 Å². The topological polar surface area (TPSA) is 40.6 Å². The Labute approximate surface area is 139 Å². The number of para-hydroxylation sites is 1. The van der Waals surface area contributed by atoms with Gasteiger partial charge in [0.15, 0.2) is 0 Å². The lowest BCUT2D eigenvalue weighted by Gasteiger charge is -2.40. The highest BCUT2D eigenvalue weighted by atomic mass is 16.2. The standard InChI is InChI=1S/C19H28N2O2/c1-6-15-9-7-8-10-16(15)21-12-11-20(14(2)18(21)23)17(22)13-19(3,4)5/h7-10,14H,6,11-13H2,1-5H3/t14-/m0/s1. The summed E-state index contributed by atoms with van der Waals surface area (Å²) in [6, 6.07) is 7.62. The third-order valence-corrected chi connectivity index (χ3v) is 4.32. The lowest BCUT2D eigenvalue weighted by atomic mass is 9.91. The summed E-state index contributed by atoms with van der Waals surface area (Å²) in [5.41, 5.74) is 2.09. The maximum atomic E-state index is 12.8. The zero-order valence-corrected chi connectivity index (χ0v) is 14.9. The van der Waals surface area contributed by atoms with Crippen molar-refractivity contribution in [3.05, 3.63) is 29.8 Å². The van der Waals surface area contributed by atoms with Gasteiger partial charge in [-0.05, 0) is 30.4 Å². The van der Waals surface area contributed by atoms with Gasteiger partial charge in [-0.3, -0.25) is 9.59 Å². The molecule has 0 radical (unpaired) electrons. The van der Waals surface area contributed by atoms with Gasteiger partial charge in [-0.25, -0.2) is 0 Å². The van der Waals surface area contributed by atoms with Crippen LogP contribution in [-0.4, -0.2) is 35.8 Å². The van der Waals surface area contributed by atoms with E-state index in [9.17, 15) is 9.59 Å². The molecule has 1 atom stereocenters. The lowest BCUT2D eigenvalue weighted by molar-refractivity contribution is -0.142. The molecule has 1 aliphatic rings. The summed E-state index contributed by atoms with van der Waals surface area (Å²) in [5.74, 6) is 0.0844. The average Bonchev–Trinajstić information content (AvgIpc) is 2.48. The Morgan fingerprint density at radius 2 is 1.87 bits per heavy atom.